The van der Waals surface area contributed by atoms with Crippen molar-refractivity contribution in [2.45, 2.75) is 149 Å². The predicted octanol–water partition coefficient (Wildman–Crippen LogP) is 8.71. The van der Waals surface area contributed by atoms with Crippen LogP contribution in [0.15, 0.2) is 0 Å². The number of rotatable bonds is 27. The van der Waals surface area contributed by atoms with E-state index in [4.69, 9.17) is 18.9 Å². The number of hydrogen-bond donors (Lipinski definition) is 0. The van der Waals surface area contributed by atoms with Crippen LogP contribution in [-0.2, 0) is 18.9 Å². The molecule has 0 N–H and O–H groups in total. The highest BCUT2D eigenvalue weighted by atomic mass is 16.7. The molecule has 0 heterocycles. The van der Waals surface area contributed by atoms with E-state index in [1.165, 1.54) is 25.7 Å². The van der Waals surface area contributed by atoms with Crippen molar-refractivity contribution in [2.24, 2.45) is 0 Å². The van der Waals surface area contributed by atoms with Crippen molar-refractivity contribution in [2.75, 3.05) is 39.5 Å². The van der Waals surface area contributed by atoms with Gasteiger partial charge in [-0.05, 0) is 71.4 Å². The molecule has 0 saturated heterocycles. The predicted molar refractivity (Wildman–Crippen MR) is 155 cm³/mol. The van der Waals surface area contributed by atoms with Gasteiger partial charge < -0.3 is 23.8 Å². The third kappa shape index (κ3) is 19.8. The molecule has 0 rings (SSSR count). The molecule has 0 saturated carbocycles. The Hall–Kier alpha value is -0.850. The van der Waals surface area contributed by atoms with Gasteiger partial charge in [-0.2, -0.15) is 0 Å². The fourth-order valence-corrected chi connectivity index (χ4v) is 4.44. The minimum Gasteiger partial charge on any atom is -0.434 e. The van der Waals surface area contributed by atoms with E-state index in [0.29, 0.717) is 13.0 Å². The van der Waals surface area contributed by atoms with Gasteiger partial charge in [0.1, 0.15) is 6.10 Å². The first kappa shape index (κ1) is 36.1. The fraction of sp³-hybridized carbons (Fsp3) is 0.935. The van der Waals surface area contributed by atoms with Gasteiger partial charge in [-0.25, -0.2) is 4.79 Å². The lowest BCUT2D eigenvalue weighted by Crippen LogP contribution is -2.37. The standard InChI is InChI=1S/C31H62NO5/c1-7-13-16-17-19-23-31(35-27-14-8-2,36-28-15-9-3)24-20-18-22-29(10-4)37-30(33)34-26-21-25-32(11-5)12-6/h29H,4,7-28H2,1-3,5-6H3. The Morgan fingerprint density at radius 1 is 0.730 bits per heavy atom. The summed E-state index contributed by atoms with van der Waals surface area (Å²) in [6.45, 7) is 19.8. The number of hydrogen-bond acceptors (Lipinski definition) is 6. The first-order valence-corrected chi connectivity index (χ1v) is 15.6. The van der Waals surface area contributed by atoms with Gasteiger partial charge >= 0.3 is 6.16 Å². The van der Waals surface area contributed by atoms with Crippen molar-refractivity contribution in [3.63, 3.8) is 0 Å². The van der Waals surface area contributed by atoms with E-state index in [1.54, 1.807) is 0 Å². The van der Waals surface area contributed by atoms with Crippen molar-refractivity contribution in [3.05, 3.63) is 6.92 Å². The molecular weight excluding hydrogens is 466 g/mol. The number of ether oxygens (including phenoxy) is 4. The molecule has 0 aliphatic carbocycles. The highest BCUT2D eigenvalue weighted by Crippen LogP contribution is 2.30. The number of carbonyl (C=O) groups excluding carboxylic acids is 1. The van der Waals surface area contributed by atoms with Crippen LogP contribution in [0.1, 0.15) is 137 Å². The van der Waals surface area contributed by atoms with E-state index in [9.17, 15) is 4.79 Å². The van der Waals surface area contributed by atoms with Crippen LogP contribution in [0.2, 0.25) is 0 Å². The van der Waals surface area contributed by atoms with Crippen LogP contribution in [0.3, 0.4) is 0 Å². The van der Waals surface area contributed by atoms with Crippen molar-refractivity contribution < 1.29 is 23.7 Å². The van der Waals surface area contributed by atoms with Gasteiger partial charge in [-0.15, -0.1) is 0 Å². The summed E-state index contributed by atoms with van der Waals surface area (Å²) in [5.74, 6) is -0.485. The fourth-order valence-electron chi connectivity index (χ4n) is 4.44. The summed E-state index contributed by atoms with van der Waals surface area (Å²) in [5.41, 5.74) is 0. The van der Waals surface area contributed by atoms with E-state index < -0.39 is 11.9 Å². The van der Waals surface area contributed by atoms with Gasteiger partial charge in [-0.1, -0.05) is 73.1 Å². The van der Waals surface area contributed by atoms with Crippen molar-refractivity contribution >= 4 is 6.16 Å². The molecule has 0 amide bonds. The zero-order chi connectivity index (χ0) is 27.6. The Balaban J connectivity index is 4.67. The number of carbonyl (C=O) groups is 1. The molecule has 1 radical (unpaired) electrons. The lowest BCUT2D eigenvalue weighted by atomic mass is 9.98. The maximum absolute atomic E-state index is 12.1. The SMILES string of the molecule is [CH2]CC(CCCCC(CCCCCCC)(OCCCC)OCCCC)OC(=O)OCCCN(CC)CC. The molecule has 0 bridgehead atoms. The van der Waals surface area contributed by atoms with E-state index in [2.05, 4.69) is 46.4 Å². The van der Waals surface area contributed by atoms with Crippen LogP contribution >= 0.6 is 0 Å². The lowest BCUT2D eigenvalue weighted by molar-refractivity contribution is -0.247. The summed E-state index contributed by atoms with van der Waals surface area (Å²) in [7, 11) is 0. The minimum atomic E-state index is -0.569. The van der Waals surface area contributed by atoms with Crippen LogP contribution in [0.4, 0.5) is 4.79 Å². The summed E-state index contributed by atoms with van der Waals surface area (Å²) in [6, 6.07) is 0. The van der Waals surface area contributed by atoms with E-state index in [1.807, 2.05) is 0 Å². The minimum absolute atomic E-state index is 0.208. The second-order valence-corrected chi connectivity index (χ2v) is 10.2. The monoisotopic (exact) mass is 528 g/mol. The Labute approximate surface area is 230 Å². The van der Waals surface area contributed by atoms with Crippen LogP contribution in [-0.4, -0.2) is 62.4 Å². The van der Waals surface area contributed by atoms with Gasteiger partial charge in [0.25, 0.3) is 0 Å². The highest BCUT2D eigenvalue weighted by Gasteiger charge is 2.31. The second kappa shape index (κ2) is 25.4. The average Bonchev–Trinajstić information content (AvgIpc) is 2.90. The molecule has 0 aromatic rings. The average molecular weight is 529 g/mol. The van der Waals surface area contributed by atoms with Crippen LogP contribution in [0.25, 0.3) is 0 Å². The Bertz CT molecular complexity index is 488. The topological polar surface area (TPSA) is 57.2 Å². The third-order valence-corrected chi connectivity index (χ3v) is 7.04. The quantitative estimate of drug-likeness (QED) is 0.0603. The maximum Gasteiger partial charge on any atom is 0.508 e. The largest absolute Gasteiger partial charge is 0.508 e. The molecule has 0 aromatic carbocycles. The molecule has 6 nitrogen and oxygen atoms in total. The number of nitrogens with zero attached hydrogens (tertiary/aromatic N) is 1. The molecule has 0 spiro atoms. The maximum atomic E-state index is 12.1. The molecule has 221 valence electrons. The van der Waals surface area contributed by atoms with Crippen LogP contribution in [0.5, 0.6) is 0 Å². The Kier molecular flexibility index (Phi) is 24.8. The van der Waals surface area contributed by atoms with Gasteiger partial charge in [0, 0.05) is 19.4 Å². The molecule has 37 heavy (non-hydrogen) atoms. The molecule has 0 aliphatic rings. The first-order valence-electron chi connectivity index (χ1n) is 15.6. The summed E-state index contributed by atoms with van der Waals surface area (Å²) in [5, 5.41) is 0. The Morgan fingerprint density at radius 2 is 1.30 bits per heavy atom. The normalized spacial score (nSPS) is 12.7. The second-order valence-electron chi connectivity index (χ2n) is 10.2. The van der Waals surface area contributed by atoms with Crippen molar-refractivity contribution in [3.8, 4) is 0 Å². The van der Waals surface area contributed by atoms with Gasteiger partial charge in [0.15, 0.2) is 5.79 Å². The van der Waals surface area contributed by atoms with E-state index >= 15 is 0 Å². The smallest absolute Gasteiger partial charge is 0.434 e. The lowest BCUT2D eigenvalue weighted by Gasteiger charge is -2.35. The molecule has 0 aromatic heterocycles. The van der Waals surface area contributed by atoms with Crippen LogP contribution < -0.4 is 0 Å². The third-order valence-electron chi connectivity index (χ3n) is 7.04. The first-order chi connectivity index (χ1) is 18.0. The zero-order valence-electron chi connectivity index (χ0n) is 25.3. The van der Waals surface area contributed by atoms with Gasteiger partial charge in [-0.3, -0.25) is 0 Å². The molecule has 1 atom stereocenters. The summed E-state index contributed by atoms with van der Waals surface area (Å²) in [4.78, 5) is 14.5. The molecule has 0 aliphatic heterocycles. The highest BCUT2D eigenvalue weighted by molar-refractivity contribution is 5.60. The summed E-state index contributed by atoms with van der Waals surface area (Å²) >= 11 is 0. The van der Waals surface area contributed by atoms with Gasteiger partial charge in [0.2, 0.25) is 0 Å². The van der Waals surface area contributed by atoms with Gasteiger partial charge in [0.05, 0.1) is 19.8 Å². The van der Waals surface area contributed by atoms with Crippen LogP contribution in [0, 0.1) is 6.92 Å². The van der Waals surface area contributed by atoms with E-state index in [-0.39, 0.29) is 6.10 Å². The number of unbranched alkanes of at least 4 members (excludes halogenated alkanes) is 7. The van der Waals surface area contributed by atoms with E-state index in [0.717, 1.165) is 103 Å². The molecule has 1 unspecified atom stereocenters. The van der Waals surface area contributed by atoms with Crippen molar-refractivity contribution in [1.82, 2.24) is 4.90 Å². The van der Waals surface area contributed by atoms with Crippen molar-refractivity contribution in [1.29, 1.82) is 0 Å². The zero-order valence-corrected chi connectivity index (χ0v) is 25.3. The molecular formula is C31H62NO5. The Morgan fingerprint density at radius 3 is 1.84 bits per heavy atom. The summed E-state index contributed by atoms with van der Waals surface area (Å²) < 4.78 is 23.8. The summed E-state index contributed by atoms with van der Waals surface area (Å²) in [6.07, 6.45) is 15.7. The molecule has 6 heteroatoms. The molecule has 0 fully saturated rings.